The molecule has 0 fully saturated rings. The summed E-state index contributed by atoms with van der Waals surface area (Å²) in [7, 11) is 0. The maximum absolute atomic E-state index is 10.7. The van der Waals surface area contributed by atoms with E-state index in [2.05, 4.69) is 10.3 Å². The maximum atomic E-state index is 10.7. The van der Waals surface area contributed by atoms with E-state index < -0.39 is 0 Å². The number of amides is 1. The third kappa shape index (κ3) is 2.71. The predicted octanol–water partition coefficient (Wildman–Crippen LogP) is -1.04. The Balaban J connectivity index is 2.15. The van der Waals surface area contributed by atoms with Crippen LogP contribution in [0.25, 0.3) is 0 Å². The summed E-state index contributed by atoms with van der Waals surface area (Å²) in [6.07, 6.45) is 5.24. The first kappa shape index (κ1) is 8.73. The lowest BCUT2D eigenvalue weighted by molar-refractivity contribution is -0.119. The fourth-order valence-electron chi connectivity index (χ4n) is 0.816. The molecule has 0 bridgehead atoms. The van der Waals surface area contributed by atoms with Crippen molar-refractivity contribution >= 4 is 5.91 Å². The van der Waals surface area contributed by atoms with Gasteiger partial charge in [-0.15, -0.1) is 0 Å². The van der Waals surface area contributed by atoms with E-state index in [0.29, 0.717) is 6.54 Å². The Labute approximate surface area is 70.6 Å². The molecule has 1 aromatic rings. The van der Waals surface area contributed by atoms with E-state index in [-0.39, 0.29) is 12.5 Å². The molecule has 1 heterocycles. The van der Waals surface area contributed by atoms with Gasteiger partial charge in [-0.25, -0.2) is 4.98 Å². The molecular weight excluding hydrogens is 156 g/mol. The van der Waals surface area contributed by atoms with Crippen molar-refractivity contribution in [2.24, 2.45) is 5.73 Å². The molecule has 0 atom stereocenters. The summed E-state index contributed by atoms with van der Waals surface area (Å²) < 4.78 is 1.89. The Hall–Kier alpha value is -1.36. The van der Waals surface area contributed by atoms with Gasteiger partial charge in [0.15, 0.2) is 0 Å². The van der Waals surface area contributed by atoms with Gasteiger partial charge in [-0.2, -0.15) is 0 Å². The molecule has 0 unspecified atom stereocenters. The van der Waals surface area contributed by atoms with Crippen molar-refractivity contribution in [3.05, 3.63) is 18.7 Å². The van der Waals surface area contributed by atoms with Crippen LogP contribution in [0.3, 0.4) is 0 Å². The van der Waals surface area contributed by atoms with Gasteiger partial charge >= 0.3 is 0 Å². The van der Waals surface area contributed by atoms with Gasteiger partial charge in [-0.1, -0.05) is 0 Å². The average molecular weight is 168 g/mol. The molecule has 0 aliphatic rings. The van der Waals surface area contributed by atoms with Crippen LogP contribution in [-0.4, -0.2) is 28.5 Å². The highest BCUT2D eigenvalue weighted by molar-refractivity contribution is 5.77. The molecule has 0 saturated heterocycles. The lowest BCUT2D eigenvalue weighted by Crippen LogP contribution is -2.32. The number of aromatic nitrogens is 2. The van der Waals surface area contributed by atoms with Gasteiger partial charge in [0.05, 0.1) is 12.9 Å². The molecule has 12 heavy (non-hydrogen) atoms. The van der Waals surface area contributed by atoms with Gasteiger partial charge < -0.3 is 15.6 Å². The third-order valence-electron chi connectivity index (χ3n) is 1.44. The number of carbonyl (C=O) groups excluding carboxylic acids is 1. The zero-order chi connectivity index (χ0) is 8.81. The number of imidazole rings is 1. The number of hydrogen-bond acceptors (Lipinski definition) is 3. The second kappa shape index (κ2) is 4.50. The lowest BCUT2D eigenvalue weighted by atomic mass is 10.5. The molecule has 1 aromatic heterocycles. The number of carbonyl (C=O) groups is 1. The summed E-state index contributed by atoms with van der Waals surface area (Å²) in [4.78, 5) is 14.5. The Kier molecular flexibility index (Phi) is 3.28. The van der Waals surface area contributed by atoms with Crippen LogP contribution in [0.5, 0.6) is 0 Å². The molecule has 0 aliphatic heterocycles. The van der Waals surface area contributed by atoms with Gasteiger partial charge in [0.25, 0.3) is 0 Å². The minimum Gasteiger partial charge on any atom is -0.353 e. The monoisotopic (exact) mass is 168 g/mol. The minimum absolute atomic E-state index is 0.0456. The Bertz CT molecular complexity index is 232. The second-order valence-electron chi connectivity index (χ2n) is 2.35. The number of rotatable bonds is 4. The van der Waals surface area contributed by atoms with Crippen LogP contribution in [0.4, 0.5) is 0 Å². The van der Waals surface area contributed by atoms with E-state index in [9.17, 15) is 4.79 Å². The Morgan fingerprint density at radius 2 is 2.50 bits per heavy atom. The van der Waals surface area contributed by atoms with Crippen molar-refractivity contribution in [1.82, 2.24) is 14.9 Å². The molecule has 0 aromatic carbocycles. The quantitative estimate of drug-likeness (QED) is 0.603. The summed E-state index contributed by atoms with van der Waals surface area (Å²) in [5.74, 6) is -0.130. The highest BCUT2D eigenvalue weighted by atomic mass is 16.1. The third-order valence-corrected chi connectivity index (χ3v) is 1.44. The molecule has 1 amide bonds. The van der Waals surface area contributed by atoms with Crippen molar-refractivity contribution in [3.8, 4) is 0 Å². The van der Waals surface area contributed by atoms with Crippen LogP contribution in [0.15, 0.2) is 18.7 Å². The molecule has 0 spiro atoms. The normalized spacial score (nSPS) is 9.75. The number of nitrogens with two attached hydrogens (primary N) is 1. The second-order valence-corrected chi connectivity index (χ2v) is 2.35. The Morgan fingerprint density at radius 1 is 1.67 bits per heavy atom. The zero-order valence-electron chi connectivity index (χ0n) is 6.73. The van der Waals surface area contributed by atoms with Gasteiger partial charge in [0.1, 0.15) is 0 Å². The van der Waals surface area contributed by atoms with Crippen molar-refractivity contribution in [3.63, 3.8) is 0 Å². The molecular formula is C7H12N4O. The summed E-state index contributed by atoms with van der Waals surface area (Å²) in [5, 5.41) is 2.66. The molecule has 5 heteroatoms. The fourth-order valence-corrected chi connectivity index (χ4v) is 0.816. The first-order valence-corrected chi connectivity index (χ1v) is 3.75. The van der Waals surface area contributed by atoms with E-state index >= 15 is 0 Å². The standard InChI is InChI=1S/C7H12N4O/c8-5-7(12)10-2-4-11-3-1-9-6-11/h1,3,6H,2,4-5,8H2,(H,10,12). The van der Waals surface area contributed by atoms with Gasteiger partial charge in [0, 0.05) is 25.5 Å². The van der Waals surface area contributed by atoms with Gasteiger partial charge in [-0.05, 0) is 0 Å². The highest BCUT2D eigenvalue weighted by Crippen LogP contribution is 1.82. The van der Waals surface area contributed by atoms with Crippen molar-refractivity contribution < 1.29 is 4.79 Å². The van der Waals surface area contributed by atoms with Gasteiger partial charge in [-0.3, -0.25) is 4.79 Å². The molecule has 5 nitrogen and oxygen atoms in total. The average Bonchev–Trinajstić information content (AvgIpc) is 2.57. The summed E-state index contributed by atoms with van der Waals surface area (Å²) in [5.41, 5.74) is 5.10. The first-order chi connectivity index (χ1) is 5.83. The van der Waals surface area contributed by atoms with E-state index in [4.69, 9.17) is 5.73 Å². The van der Waals surface area contributed by atoms with Crippen LogP contribution in [0, 0.1) is 0 Å². The smallest absolute Gasteiger partial charge is 0.233 e. The van der Waals surface area contributed by atoms with Crippen LogP contribution in [-0.2, 0) is 11.3 Å². The summed E-state index contributed by atoms with van der Waals surface area (Å²) >= 11 is 0. The predicted molar refractivity (Wildman–Crippen MR) is 44.3 cm³/mol. The van der Waals surface area contributed by atoms with E-state index in [1.807, 2.05) is 10.8 Å². The molecule has 0 aliphatic carbocycles. The molecule has 66 valence electrons. The van der Waals surface area contributed by atoms with Crippen molar-refractivity contribution in [1.29, 1.82) is 0 Å². The first-order valence-electron chi connectivity index (χ1n) is 3.75. The van der Waals surface area contributed by atoms with Crippen molar-refractivity contribution in [2.45, 2.75) is 6.54 Å². The zero-order valence-corrected chi connectivity index (χ0v) is 6.73. The van der Waals surface area contributed by atoms with E-state index in [1.165, 1.54) is 0 Å². The van der Waals surface area contributed by atoms with E-state index in [0.717, 1.165) is 6.54 Å². The van der Waals surface area contributed by atoms with Crippen LogP contribution < -0.4 is 11.1 Å². The number of nitrogens with one attached hydrogen (secondary N) is 1. The maximum Gasteiger partial charge on any atom is 0.233 e. The number of hydrogen-bond donors (Lipinski definition) is 2. The summed E-state index contributed by atoms with van der Waals surface area (Å²) in [6.45, 7) is 1.36. The molecule has 0 radical (unpaired) electrons. The van der Waals surface area contributed by atoms with Crippen LogP contribution in [0.2, 0.25) is 0 Å². The van der Waals surface area contributed by atoms with Crippen molar-refractivity contribution in [2.75, 3.05) is 13.1 Å². The topological polar surface area (TPSA) is 72.9 Å². The Morgan fingerprint density at radius 3 is 3.08 bits per heavy atom. The molecule has 3 N–H and O–H groups in total. The molecule has 1 rings (SSSR count). The molecule has 0 saturated carbocycles. The number of nitrogens with zero attached hydrogens (tertiary/aromatic N) is 2. The lowest BCUT2D eigenvalue weighted by Gasteiger charge is -2.03. The van der Waals surface area contributed by atoms with Gasteiger partial charge in [0.2, 0.25) is 5.91 Å². The van der Waals surface area contributed by atoms with Crippen LogP contribution >= 0.6 is 0 Å². The van der Waals surface area contributed by atoms with E-state index in [1.54, 1.807) is 12.5 Å². The summed E-state index contributed by atoms with van der Waals surface area (Å²) in [6, 6.07) is 0. The SMILES string of the molecule is NCC(=O)NCCn1ccnc1. The fraction of sp³-hybridized carbons (Fsp3) is 0.429. The highest BCUT2D eigenvalue weighted by Gasteiger charge is 1.94. The minimum atomic E-state index is -0.130. The van der Waals surface area contributed by atoms with Crippen LogP contribution in [0.1, 0.15) is 0 Å². The largest absolute Gasteiger partial charge is 0.353 e.